The second kappa shape index (κ2) is 6.44. The number of anilines is 1. The van der Waals surface area contributed by atoms with Gasteiger partial charge in [0.25, 0.3) is 0 Å². The summed E-state index contributed by atoms with van der Waals surface area (Å²) in [5.74, 6) is 2.04. The van der Waals surface area contributed by atoms with Crippen molar-refractivity contribution < 1.29 is 0 Å². The van der Waals surface area contributed by atoms with Crippen molar-refractivity contribution in [2.24, 2.45) is 0 Å². The highest BCUT2D eigenvalue weighted by Crippen LogP contribution is 2.20. The van der Waals surface area contributed by atoms with Crippen molar-refractivity contribution >= 4 is 29.9 Å². The minimum absolute atomic E-state index is 0.325. The standard InChI is InChI=1S/C11H22N4S2/c1-6-9(7-17-5)14(4)10-12-13-11(16)15(10)8(2)3/h8-9H,6-7H2,1-5H3,(H,13,16). The SMILES string of the molecule is CCC(CSC)N(C)c1n[nH]c(=S)n1C(C)C. The van der Waals surface area contributed by atoms with Crippen LogP contribution in [0.1, 0.15) is 33.2 Å². The highest BCUT2D eigenvalue weighted by molar-refractivity contribution is 7.98. The van der Waals surface area contributed by atoms with Gasteiger partial charge in [-0.25, -0.2) is 5.10 Å². The number of aromatic amines is 1. The van der Waals surface area contributed by atoms with Crippen LogP contribution in [0, 0.1) is 4.77 Å². The number of nitrogens with one attached hydrogen (secondary N) is 1. The van der Waals surface area contributed by atoms with Crippen molar-refractivity contribution in [3.05, 3.63) is 4.77 Å². The number of rotatable bonds is 6. The third-order valence-corrected chi connectivity index (χ3v) is 3.90. The van der Waals surface area contributed by atoms with E-state index in [1.165, 1.54) is 0 Å². The van der Waals surface area contributed by atoms with Crippen molar-refractivity contribution in [3.8, 4) is 0 Å². The molecule has 1 N–H and O–H groups in total. The van der Waals surface area contributed by atoms with Gasteiger partial charge >= 0.3 is 0 Å². The van der Waals surface area contributed by atoms with Gasteiger partial charge < -0.3 is 4.90 Å². The first kappa shape index (κ1) is 14.6. The predicted octanol–water partition coefficient (Wildman–Crippen LogP) is 3.10. The molecule has 1 aromatic rings. The average molecular weight is 274 g/mol. The Hall–Kier alpha value is -0.490. The van der Waals surface area contributed by atoms with Crippen LogP contribution in [-0.2, 0) is 0 Å². The van der Waals surface area contributed by atoms with Crippen molar-refractivity contribution in [3.63, 3.8) is 0 Å². The van der Waals surface area contributed by atoms with E-state index in [1.807, 2.05) is 11.8 Å². The first-order chi connectivity index (χ1) is 8.02. The molecule has 0 saturated heterocycles. The maximum Gasteiger partial charge on any atom is 0.225 e. The summed E-state index contributed by atoms with van der Waals surface area (Å²) in [7, 11) is 2.09. The third kappa shape index (κ3) is 3.25. The lowest BCUT2D eigenvalue weighted by molar-refractivity contribution is 0.563. The molecule has 0 radical (unpaired) electrons. The molecule has 0 saturated carbocycles. The van der Waals surface area contributed by atoms with Gasteiger partial charge in [-0.3, -0.25) is 4.57 Å². The molecule has 1 unspecified atom stereocenters. The lowest BCUT2D eigenvalue weighted by Gasteiger charge is -2.28. The molecule has 1 atom stereocenters. The summed E-state index contributed by atoms with van der Waals surface area (Å²) in [6.45, 7) is 6.45. The van der Waals surface area contributed by atoms with Crippen LogP contribution in [-0.4, -0.2) is 39.9 Å². The number of nitrogens with zero attached hydrogens (tertiary/aromatic N) is 3. The Bertz CT molecular complexity index is 396. The topological polar surface area (TPSA) is 36.9 Å². The van der Waals surface area contributed by atoms with E-state index in [0.29, 0.717) is 16.9 Å². The van der Waals surface area contributed by atoms with Gasteiger partial charge in [-0.15, -0.1) is 5.10 Å². The highest BCUT2D eigenvalue weighted by Gasteiger charge is 2.19. The molecular formula is C11H22N4S2. The molecule has 4 nitrogen and oxygen atoms in total. The number of hydrogen-bond acceptors (Lipinski definition) is 4. The van der Waals surface area contributed by atoms with E-state index in [-0.39, 0.29) is 0 Å². The largest absolute Gasteiger partial charge is 0.340 e. The van der Waals surface area contributed by atoms with Gasteiger partial charge in [0.05, 0.1) is 0 Å². The van der Waals surface area contributed by atoms with Crippen LogP contribution in [0.3, 0.4) is 0 Å². The van der Waals surface area contributed by atoms with Crippen LogP contribution in [0.25, 0.3) is 0 Å². The molecule has 0 amide bonds. The summed E-state index contributed by atoms with van der Waals surface area (Å²) in [6, 6.07) is 0.818. The maximum absolute atomic E-state index is 5.27. The van der Waals surface area contributed by atoms with Gasteiger partial charge in [0.1, 0.15) is 0 Å². The van der Waals surface area contributed by atoms with Crippen LogP contribution >= 0.6 is 24.0 Å². The van der Waals surface area contributed by atoms with Crippen molar-refractivity contribution in [1.82, 2.24) is 14.8 Å². The summed E-state index contributed by atoms with van der Waals surface area (Å²) in [4.78, 5) is 2.22. The van der Waals surface area contributed by atoms with Crippen LogP contribution in [0.5, 0.6) is 0 Å². The van der Waals surface area contributed by atoms with Gasteiger partial charge in [0.2, 0.25) is 5.95 Å². The van der Waals surface area contributed by atoms with Crippen molar-refractivity contribution in [2.75, 3.05) is 24.0 Å². The van der Waals surface area contributed by atoms with Crippen LogP contribution in [0.15, 0.2) is 0 Å². The Labute approximate surface area is 113 Å². The molecule has 98 valence electrons. The molecule has 0 bridgehead atoms. The number of H-pyrrole nitrogens is 1. The molecule has 0 aliphatic carbocycles. The minimum Gasteiger partial charge on any atom is -0.340 e. The molecular weight excluding hydrogens is 252 g/mol. The Morgan fingerprint density at radius 3 is 2.65 bits per heavy atom. The molecule has 0 aliphatic rings. The van der Waals surface area contributed by atoms with Crippen molar-refractivity contribution in [2.45, 2.75) is 39.3 Å². The Kier molecular flexibility index (Phi) is 5.52. The Balaban J connectivity index is 3.02. The quantitative estimate of drug-likeness (QED) is 0.809. The fourth-order valence-electron chi connectivity index (χ4n) is 1.87. The molecule has 1 aromatic heterocycles. The first-order valence-electron chi connectivity index (χ1n) is 5.91. The fraction of sp³-hybridized carbons (Fsp3) is 0.818. The average Bonchev–Trinajstić information content (AvgIpc) is 2.67. The van der Waals surface area contributed by atoms with E-state index in [0.717, 1.165) is 18.1 Å². The zero-order valence-corrected chi connectivity index (χ0v) is 12.9. The zero-order valence-electron chi connectivity index (χ0n) is 11.2. The second-order valence-electron chi connectivity index (χ2n) is 4.42. The smallest absolute Gasteiger partial charge is 0.225 e. The minimum atomic E-state index is 0.325. The third-order valence-electron chi connectivity index (χ3n) is 2.90. The maximum atomic E-state index is 5.27. The molecule has 17 heavy (non-hydrogen) atoms. The summed E-state index contributed by atoms with van der Waals surface area (Å²) < 4.78 is 2.76. The van der Waals surface area contributed by atoms with Gasteiger partial charge in [-0.05, 0) is 38.7 Å². The summed E-state index contributed by atoms with van der Waals surface area (Å²) in [5.41, 5.74) is 0. The van der Waals surface area contributed by atoms with E-state index in [9.17, 15) is 0 Å². The molecule has 1 rings (SSSR count). The lowest BCUT2D eigenvalue weighted by atomic mass is 10.2. The predicted molar refractivity (Wildman–Crippen MR) is 78.7 cm³/mol. The van der Waals surface area contributed by atoms with Gasteiger partial charge in [0, 0.05) is 24.9 Å². The van der Waals surface area contributed by atoms with E-state index in [4.69, 9.17) is 12.2 Å². The van der Waals surface area contributed by atoms with Crippen LogP contribution in [0.4, 0.5) is 5.95 Å². The van der Waals surface area contributed by atoms with E-state index >= 15 is 0 Å². The lowest BCUT2D eigenvalue weighted by Crippen LogP contribution is -2.35. The molecule has 6 heteroatoms. The van der Waals surface area contributed by atoms with Gasteiger partial charge in [0.15, 0.2) is 4.77 Å². The fourth-order valence-corrected chi connectivity index (χ4v) is 3.05. The number of hydrogen-bond donors (Lipinski definition) is 1. The second-order valence-corrected chi connectivity index (χ2v) is 5.72. The molecule has 0 aliphatic heterocycles. The van der Waals surface area contributed by atoms with Crippen LogP contribution < -0.4 is 4.90 Å². The molecule has 0 fully saturated rings. The van der Waals surface area contributed by atoms with Gasteiger partial charge in [-0.2, -0.15) is 11.8 Å². The highest BCUT2D eigenvalue weighted by atomic mass is 32.2. The normalized spacial score (nSPS) is 13.1. The summed E-state index contributed by atoms with van der Waals surface area (Å²) in [6.07, 6.45) is 3.24. The molecule has 0 aromatic carbocycles. The molecule has 0 spiro atoms. The van der Waals surface area contributed by atoms with E-state index in [2.05, 4.69) is 53.7 Å². The van der Waals surface area contributed by atoms with E-state index in [1.54, 1.807) is 0 Å². The number of thioether (sulfide) groups is 1. The Morgan fingerprint density at radius 2 is 2.18 bits per heavy atom. The van der Waals surface area contributed by atoms with Crippen molar-refractivity contribution in [1.29, 1.82) is 0 Å². The summed E-state index contributed by atoms with van der Waals surface area (Å²) in [5, 5.41) is 7.24. The molecule has 1 heterocycles. The van der Waals surface area contributed by atoms with E-state index < -0.39 is 0 Å². The van der Waals surface area contributed by atoms with Crippen LogP contribution in [0.2, 0.25) is 0 Å². The first-order valence-corrected chi connectivity index (χ1v) is 7.71. The summed E-state index contributed by atoms with van der Waals surface area (Å²) >= 11 is 7.13. The zero-order chi connectivity index (χ0) is 13.0. The van der Waals surface area contributed by atoms with Gasteiger partial charge in [-0.1, -0.05) is 6.92 Å². The number of aromatic nitrogens is 3. The monoisotopic (exact) mass is 274 g/mol. The Morgan fingerprint density at radius 1 is 1.53 bits per heavy atom.